The Hall–Kier alpha value is -3.74. The van der Waals surface area contributed by atoms with Crippen LogP contribution in [0, 0.1) is 6.92 Å². The van der Waals surface area contributed by atoms with Gasteiger partial charge in [0, 0.05) is 18.2 Å². The van der Waals surface area contributed by atoms with Crippen LogP contribution in [0.15, 0.2) is 60.7 Å². The van der Waals surface area contributed by atoms with Gasteiger partial charge in [0.1, 0.15) is 17.6 Å². The first-order chi connectivity index (χ1) is 16.0. The van der Waals surface area contributed by atoms with Gasteiger partial charge in [-0.25, -0.2) is 4.98 Å². The fraction of sp³-hybridized carbons (Fsp3) is 0.308. The molecule has 3 heterocycles. The summed E-state index contributed by atoms with van der Waals surface area (Å²) in [5.74, 6) is 1.77. The molecule has 1 saturated heterocycles. The molecule has 0 spiro atoms. The highest BCUT2D eigenvalue weighted by atomic mass is 16.5. The molecule has 0 saturated carbocycles. The first-order valence-corrected chi connectivity index (χ1v) is 11.1. The topological polar surface area (TPSA) is 65.8 Å². The minimum atomic E-state index is -0.112. The van der Waals surface area contributed by atoms with E-state index in [1.165, 1.54) is 0 Å². The standard InChI is InChI=1S/C26H27N3O4/c1-17-14-28(16-27-17)22-9-8-19(12-24(22)31-3)13-25-26(30)29(15-18(2)33-25)21-10-11-32-23-7-5-4-6-20(21)23/h4-9,12-14,16,18,21H,10-11,15H2,1-3H3. The third-order valence-electron chi connectivity index (χ3n) is 6.05. The van der Waals surface area contributed by atoms with Gasteiger partial charge in [0.25, 0.3) is 5.91 Å². The molecule has 2 aromatic carbocycles. The predicted octanol–water partition coefficient (Wildman–Crippen LogP) is 4.30. The summed E-state index contributed by atoms with van der Waals surface area (Å²) in [4.78, 5) is 19.7. The van der Waals surface area contributed by atoms with Crippen LogP contribution < -0.4 is 9.47 Å². The molecule has 0 bridgehead atoms. The van der Waals surface area contributed by atoms with Crippen LogP contribution in [-0.2, 0) is 9.53 Å². The molecule has 1 aromatic heterocycles. The maximum atomic E-state index is 13.5. The van der Waals surface area contributed by atoms with Crippen molar-refractivity contribution in [2.45, 2.75) is 32.4 Å². The van der Waals surface area contributed by atoms with Crippen molar-refractivity contribution in [1.29, 1.82) is 0 Å². The fourth-order valence-corrected chi connectivity index (χ4v) is 4.52. The lowest BCUT2D eigenvalue weighted by Gasteiger charge is -2.40. The molecule has 33 heavy (non-hydrogen) atoms. The van der Waals surface area contributed by atoms with Gasteiger partial charge in [-0.2, -0.15) is 0 Å². The number of imidazole rings is 1. The number of methoxy groups -OCH3 is 1. The van der Waals surface area contributed by atoms with Crippen LogP contribution in [0.1, 0.15) is 36.2 Å². The summed E-state index contributed by atoms with van der Waals surface area (Å²) < 4.78 is 19.3. The minimum Gasteiger partial charge on any atom is -0.495 e. The number of aryl methyl sites for hydroxylation is 1. The molecule has 3 aromatic rings. The van der Waals surface area contributed by atoms with E-state index in [1.54, 1.807) is 19.5 Å². The van der Waals surface area contributed by atoms with E-state index in [-0.39, 0.29) is 18.1 Å². The summed E-state index contributed by atoms with van der Waals surface area (Å²) in [7, 11) is 1.63. The Bertz CT molecular complexity index is 1220. The Morgan fingerprint density at radius 3 is 2.85 bits per heavy atom. The zero-order valence-corrected chi connectivity index (χ0v) is 19.0. The van der Waals surface area contributed by atoms with E-state index >= 15 is 0 Å². The van der Waals surface area contributed by atoms with Crippen LogP contribution in [0.25, 0.3) is 11.8 Å². The maximum absolute atomic E-state index is 13.5. The number of benzene rings is 2. The lowest BCUT2D eigenvalue weighted by atomic mass is 9.97. The number of rotatable bonds is 4. The summed E-state index contributed by atoms with van der Waals surface area (Å²) in [5, 5.41) is 0. The van der Waals surface area contributed by atoms with Crippen LogP contribution in [0.5, 0.6) is 11.5 Å². The zero-order valence-electron chi connectivity index (χ0n) is 19.0. The van der Waals surface area contributed by atoms with Crippen LogP contribution >= 0.6 is 0 Å². The van der Waals surface area contributed by atoms with E-state index in [9.17, 15) is 4.79 Å². The maximum Gasteiger partial charge on any atom is 0.289 e. The van der Waals surface area contributed by atoms with Crippen molar-refractivity contribution in [3.05, 3.63) is 77.6 Å². The van der Waals surface area contributed by atoms with Crippen molar-refractivity contribution >= 4 is 12.0 Å². The predicted molar refractivity (Wildman–Crippen MR) is 124 cm³/mol. The Kier molecular flexibility index (Phi) is 5.54. The second-order valence-electron chi connectivity index (χ2n) is 8.44. The van der Waals surface area contributed by atoms with E-state index in [1.807, 2.05) is 72.0 Å². The third-order valence-corrected chi connectivity index (χ3v) is 6.05. The number of fused-ring (bicyclic) bond motifs is 1. The van der Waals surface area contributed by atoms with Crippen molar-refractivity contribution in [1.82, 2.24) is 14.5 Å². The van der Waals surface area contributed by atoms with Gasteiger partial charge < -0.3 is 23.7 Å². The number of para-hydroxylation sites is 1. The lowest BCUT2D eigenvalue weighted by Crippen LogP contribution is -2.47. The second-order valence-corrected chi connectivity index (χ2v) is 8.44. The van der Waals surface area contributed by atoms with Gasteiger partial charge in [-0.1, -0.05) is 24.3 Å². The number of aromatic nitrogens is 2. The summed E-state index contributed by atoms with van der Waals surface area (Å²) in [6.07, 6.45) is 6.13. The minimum absolute atomic E-state index is 0.0291. The number of nitrogens with zero attached hydrogens (tertiary/aromatic N) is 3. The molecule has 5 rings (SSSR count). The first kappa shape index (κ1) is 21.1. The van der Waals surface area contributed by atoms with Gasteiger partial charge in [-0.3, -0.25) is 4.79 Å². The highest BCUT2D eigenvalue weighted by Gasteiger charge is 2.37. The van der Waals surface area contributed by atoms with Crippen molar-refractivity contribution < 1.29 is 19.0 Å². The van der Waals surface area contributed by atoms with Crippen LogP contribution in [-0.4, -0.2) is 46.7 Å². The number of ether oxygens (including phenoxy) is 3. The number of carbonyl (C=O) groups excluding carboxylic acids is 1. The number of hydrogen-bond acceptors (Lipinski definition) is 5. The molecule has 2 aliphatic rings. The van der Waals surface area contributed by atoms with E-state index in [4.69, 9.17) is 14.2 Å². The molecule has 2 unspecified atom stereocenters. The quantitative estimate of drug-likeness (QED) is 0.560. The Labute approximate surface area is 193 Å². The normalized spacial score (nSPS) is 21.4. The molecule has 7 heteroatoms. The van der Waals surface area contributed by atoms with Crippen molar-refractivity contribution in [2.24, 2.45) is 0 Å². The zero-order chi connectivity index (χ0) is 22.9. The van der Waals surface area contributed by atoms with E-state index < -0.39 is 0 Å². The summed E-state index contributed by atoms with van der Waals surface area (Å²) in [5.41, 5.74) is 3.68. The number of carbonyl (C=O) groups is 1. The molecule has 1 amide bonds. The number of hydrogen-bond donors (Lipinski definition) is 0. The molecule has 2 aliphatic heterocycles. The fourth-order valence-electron chi connectivity index (χ4n) is 4.52. The van der Waals surface area contributed by atoms with E-state index in [0.717, 1.165) is 34.7 Å². The van der Waals surface area contributed by atoms with Gasteiger partial charge in [0.15, 0.2) is 5.76 Å². The van der Waals surface area contributed by atoms with Gasteiger partial charge in [-0.05, 0) is 43.7 Å². The first-order valence-electron chi connectivity index (χ1n) is 11.1. The van der Waals surface area contributed by atoms with Gasteiger partial charge in [0.05, 0.1) is 44.0 Å². The average Bonchev–Trinajstić information content (AvgIpc) is 3.26. The average molecular weight is 446 g/mol. The Morgan fingerprint density at radius 1 is 1.21 bits per heavy atom. The second kappa shape index (κ2) is 8.65. The third kappa shape index (κ3) is 4.06. The van der Waals surface area contributed by atoms with Crippen LogP contribution in [0.3, 0.4) is 0 Å². The molecular formula is C26H27N3O4. The smallest absolute Gasteiger partial charge is 0.289 e. The Balaban J connectivity index is 1.46. The molecule has 1 fully saturated rings. The summed E-state index contributed by atoms with van der Waals surface area (Å²) in [6.45, 7) is 5.06. The largest absolute Gasteiger partial charge is 0.495 e. The van der Waals surface area contributed by atoms with E-state index in [2.05, 4.69) is 4.98 Å². The molecule has 0 N–H and O–H groups in total. The highest BCUT2D eigenvalue weighted by Crippen LogP contribution is 2.38. The van der Waals surface area contributed by atoms with E-state index in [0.29, 0.717) is 24.7 Å². The lowest BCUT2D eigenvalue weighted by molar-refractivity contribution is -0.142. The van der Waals surface area contributed by atoms with Gasteiger partial charge >= 0.3 is 0 Å². The van der Waals surface area contributed by atoms with Crippen molar-refractivity contribution in [3.8, 4) is 17.2 Å². The molecule has 7 nitrogen and oxygen atoms in total. The number of amides is 1. The molecule has 0 radical (unpaired) electrons. The monoisotopic (exact) mass is 445 g/mol. The molecule has 0 aliphatic carbocycles. The molecule has 170 valence electrons. The van der Waals surface area contributed by atoms with Crippen LogP contribution in [0.2, 0.25) is 0 Å². The van der Waals surface area contributed by atoms with Gasteiger partial charge in [-0.15, -0.1) is 0 Å². The molecule has 2 atom stereocenters. The summed E-state index contributed by atoms with van der Waals surface area (Å²) >= 11 is 0. The van der Waals surface area contributed by atoms with Crippen molar-refractivity contribution in [2.75, 3.05) is 20.3 Å². The number of morpholine rings is 1. The SMILES string of the molecule is COc1cc(C=C2OC(C)CN(C3CCOc4ccccc43)C2=O)ccc1-n1cnc(C)c1. The van der Waals surface area contributed by atoms with Crippen molar-refractivity contribution in [3.63, 3.8) is 0 Å². The summed E-state index contributed by atoms with van der Waals surface area (Å²) in [6, 6.07) is 13.7. The van der Waals surface area contributed by atoms with Gasteiger partial charge in [0.2, 0.25) is 0 Å². The molecular weight excluding hydrogens is 418 g/mol. The highest BCUT2D eigenvalue weighted by molar-refractivity contribution is 5.97. The van der Waals surface area contributed by atoms with Crippen LogP contribution in [0.4, 0.5) is 0 Å². The Morgan fingerprint density at radius 2 is 2.06 bits per heavy atom.